The van der Waals surface area contributed by atoms with Gasteiger partial charge in [-0.05, 0) is 25.5 Å². The van der Waals surface area contributed by atoms with Gasteiger partial charge in [-0.2, -0.15) is 0 Å². The minimum absolute atomic E-state index is 0. The van der Waals surface area contributed by atoms with E-state index in [0.717, 1.165) is 37.8 Å². The van der Waals surface area contributed by atoms with Gasteiger partial charge >= 0.3 is 0 Å². The van der Waals surface area contributed by atoms with Crippen molar-refractivity contribution in [2.24, 2.45) is 4.99 Å². The van der Waals surface area contributed by atoms with Gasteiger partial charge in [0, 0.05) is 36.9 Å². The van der Waals surface area contributed by atoms with E-state index in [0.29, 0.717) is 22.6 Å². The number of nitrogens with one attached hydrogen (secondary N) is 2. The Hall–Kier alpha value is -0.730. The maximum atomic E-state index is 6.21. The van der Waals surface area contributed by atoms with E-state index < -0.39 is 0 Å². The minimum Gasteiger partial charge on any atom is -0.357 e. The number of rotatable bonds is 5. The maximum absolute atomic E-state index is 6.21. The second-order valence-electron chi connectivity index (χ2n) is 5.10. The van der Waals surface area contributed by atoms with Crippen molar-refractivity contribution in [1.29, 1.82) is 0 Å². The molecule has 1 saturated heterocycles. The van der Waals surface area contributed by atoms with Crippen molar-refractivity contribution >= 4 is 59.0 Å². The Morgan fingerprint density at radius 2 is 2.35 bits per heavy atom. The van der Waals surface area contributed by atoms with Crippen LogP contribution in [-0.4, -0.2) is 43.2 Å². The van der Waals surface area contributed by atoms with Crippen LogP contribution >= 0.6 is 47.2 Å². The Balaban J connectivity index is 0.00000264. The molecule has 0 radical (unpaired) electrons. The number of nitrogens with zero attached hydrogens (tertiary/aromatic N) is 3. The lowest BCUT2D eigenvalue weighted by Crippen LogP contribution is -2.44. The molecule has 0 bridgehead atoms. The summed E-state index contributed by atoms with van der Waals surface area (Å²) < 4.78 is 0. The first-order valence-electron chi connectivity index (χ1n) is 7.33. The molecule has 1 fully saturated rings. The summed E-state index contributed by atoms with van der Waals surface area (Å²) in [5.41, 5.74) is 0. The first-order valence-corrected chi connectivity index (χ1v) is 8.09. The van der Waals surface area contributed by atoms with E-state index in [-0.39, 0.29) is 24.0 Å². The van der Waals surface area contributed by atoms with Gasteiger partial charge in [0.2, 0.25) is 0 Å². The van der Waals surface area contributed by atoms with Crippen molar-refractivity contribution in [1.82, 2.24) is 15.6 Å². The third-order valence-corrected chi connectivity index (χ3v) is 3.74. The molecule has 2 heterocycles. The molecule has 1 aromatic rings. The van der Waals surface area contributed by atoms with Gasteiger partial charge in [0.05, 0.1) is 11.6 Å². The van der Waals surface area contributed by atoms with E-state index >= 15 is 0 Å². The van der Waals surface area contributed by atoms with E-state index in [2.05, 4.69) is 32.1 Å². The number of aromatic nitrogens is 1. The second kappa shape index (κ2) is 10.2. The minimum atomic E-state index is 0. The quantitative estimate of drug-likeness (QED) is 0.395. The lowest BCUT2D eigenvalue weighted by atomic mass is 10.3. The topological polar surface area (TPSA) is 52.6 Å². The lowest BCUT2D eigenvalue weighted by Gasteiger charge is -2.20. The SMILES string of the molecule is C=C(Cl)CN=C(NCC)NC1CCN(c2ncccc2Cl)C1.I. The molecule has 1 aliphatic heterocycles. The third kappa shape index (κ3) is 6.35. The Kier molecular flexibility index (Phi) is 9.01. The van der Waals surface area contributed by atoms with Crippen molar-refractivity contribution in [3.63, 3.8) is 0 Å². The number of hydrogen-bond acceptors (Lipinski definition) is 3. The Morgan fingerprint density at radius 1 is 1.57 bits per heavy atom. The van der Waals surface area contributed by atoms with E-state index in [9.17, 15) is 0 Å². The van der Waals surface area contributed by atoms with Crippen LogP contribution in [0.2, 0.25) is 5.02 Å². The Morgan fingerprint density at radius 3 is 3.00 bits per heavy atom. The number of guanidine groups is 1. The fraction of sp³-hybridized carbons (Fsp3) is 0.467. The van der Waals surface area contributed by atoms with E-state index in [1.165, 1.54) is 0 Å². The standard InChI is InChI=1S/C15H21Cl2N5.HI/c1-3-18-15(20-9-11(2)16)21-12-6-8-22(10-12)14-13(17)5-4-7-19-14;/h4-5,7,12H,2-3,6,8-10H2,1H3,(H2,18,20,21);1H. The zero-order valence-corrected chi connectivity index (χ0v) is 16.9. The number of anilines is 1. The molecule has 1 unspecified atom stereocenters. The highest BCUT2D eigenvalue weighted by molar-refractivity contribution is 14.0. The molecule has 128 valence electrons. The molecule has 1 aliphatic rings. The van der Waals surface area contributed by atoms with Gasteiger partial charge in [-0.25, -0.2) is 9.98 Å². The highest BCUT2D eigenvalue weighted by Gasteiger charge is 2.25. The third-order valence-electron chi connectivity index (χ3n) is 3.32. The van der Waals surface area contributed by atoms with Crippen LogP contribution in [0.25, 0.3) is 0 Å². The summed E-state index contributed by atoms with van der Waals surface area (Å²) in [6, 6.07) is 3.99. The van der Waals surface area contributed by atoms with Crippen molar-refractivity contribution in [2.75, 3.05) is 31.1 Å². The molecule has 0 saturated carbocycles. The Bertz CT molecular complexity index is 552. The largest absolute Gasteiger partial charge is 0.357 e. The van der Waals surface area contributed by atoms with Crippen LogP contribution in [-0.2, 0) is 0 Å². The van der Waals surface area contributed by atoms with Crippen molar-refractivity contribution < 1.29 is 0 Å². The second-order valence-corrected chi connectivity index (χ2v) is 6.04. The zero-order chi connectivity index (χ0) is 15.9. The maximum Gasteiger partial charge on any atom is 0.191 e. The van der Waals surface area contributed by atoms with E-state index in [4.69, 9.17) is 23.2 Å². The van der Waals surface area contributed by atoms with Crippen LogP contribution in [0.4, 0.5) is 5.82 Å². The summed E-state index contributed by atoms with van der Waals surface area (Å²) in [7, 11) is 0. The van der Waals surface area contributed by atoms with Gasteiger partial charge in [-0.1, -0.05) is 29.8 Å². The summed E-state index contributed by atoms with van der Waals surface area (Å²) in [4.78, 5) is 10.9. The molecule has 23 heavy (non-hydrogen) atoms. The molecule has 2 N–H and O–H groups in total. The van der Waals surface area contributed by atoms with Gasteiger partial charge in [0.15, 0.2) is 5.96 Å². The van der Waals surface area contributed by atoms with Crippen LogP contribution < -0.4 is 15.5 Å². The predicted octanol–water partition coefficient (Wildman–Crippen LogP) is 3.24. The van der Waals surface area contributed by atoms with Crippen LogP contribution in [0, 0.1) is 0 Å². The predicted molar refractivity (Wildman–Crippen MR) is 109 cm³/mol. The summed E-state index contributed by atoms with van der Waals surface area (Å²) in [6.07, 6.45) is 2.76. The number of pyridine rings is 1. The first kappa shape index (κ1) is 20.3. The molecular formula is C15H22Cl2IN5. The van der Waals surface area contributed by atoms with Gasteiger partial charge in [0.25, 0.3) is 0 Å². The number of hydrogen-bond donors (Lipinski definition) is 2. The monoisotopic (exact) mass is 469 g/mol. The molecule has 8 heteroatoms. The Labute approximate surface area is 164 Å². The summed E-state index contributed by atoms with van der Waals surface area (Å²) in [5, 5.41) is 7.83. The molecule has 5 nitrogen and oxygen atoms in total. The average molecular weight is 470 g/mol. The van der Waals surface area contributed by atoms with Crippen molar-refractivity contribution in [3.05, 3.63) is 35.0 Å². The average Bonchev–Trinajstić information content (AvgIpc) is 2.94. The van der Waals surface area contributed by atoms with Crippen LogP contribution in [0.3, 0.4) is 0 Å². The van der Waals surface area contributed by atoms with Crippen molar-refractivity contribution in [2.45, 2.75) is 19.4 Å². The summed E-state index contributed by atoms with van der Waals surface area (Å²) in [6.45, 7) is 8.63. The normalized spacial score (nSPS) is 17.6. The van der Waals surface area contributed by atoms with E-state index in [1.807, 2.05) is 19.1 Å². The molecule has 0 amide bonds. The molecular weight excluding hydrogens is 448 g/mol. The highest BCUT2D eigenvalue weighted by atomic mass is 127. The smallest absolute Gasteiger partial charge is 0.191 e. The molecule has 1 atom stereocenters. The fourth-order valence-corrected chi connectivity index (χ4v) is 2.66. The first-order chi connectivity index (χ1) is 10.6. The van der Waals surface area contributed by atoms with Gasteiger partial charge in [-0.15, -0.1) is 24.0 Å². The highest BCUT2D eigenvalue weighted by Crippen LogP contribution is 2.25. The number of aliphatic imine (C=N–C) groups is 1. The van der Waals surface area contributed by atoms with Crippen LogP contribution in [0.1, 0.15) is 13.3 Å². The summed E-state index contributed by atoms with van der Waals surface area (Å²) in [5.74, 6) is 1.59. The fourth-order valence-electron chi connectivity index (χ4n) is 2.36. The van der Waals surface area contributed by atoms with Gasteiger partial charge in [0.1, 0.15) is 5.82 Å². The van der Waals surface area contributed by atoms with Gasteiger partial charge in [-0.3, -0.25) is 0 Å². The van der Waals surface area contributed by atoms with Crippen LogP contribution in [0.15, 0.2) is 34.9 Å². The molecule has 2 rings (SSSR count). The summed E-state index contributed by atoms with van der Waals surface area (Å²) >= 11 is 12.0. The zero-order valence-electron chi connectivity index (χ0n) is 13.1. The van der Waals surface area contributed by atoms with E-state index in [1.54, 1.807) is 6.20 Å². The molecule has 0 spiro atoms. The van der Waals surface area contributed by atoms with Crippen LogP contribution in [0.5, 0.6) is 0 Å². The molecule has 0 aliphatic carbocycles. The molecule has 1 aromatic heterocycles. The molecule has 0 aromatic carbocycles. The number of halogens is 3. The lowest BCUT2D eigenvalue weighted by molar-refractivity contribution is 0.650. The van der Waals surface area contributed by atoms with Crippen molar-refractivity contribution in [3.8, 4) is 0 Å². The van der Waals surface area contributed by atoms with Gasteiger partial charge < -0.3 is 15.5 Å².